The van der Waals surface area contributed by atoms with Crippen LogP contribution in [0.1, 0.15) is 17.3 Å². The number of amides is 1. The Bertz CT molecular complexity index is 1440. The van der Waals surface area contributed by atoms with Crippen LogP contribution < -0.4 is 14.4 Å². The number of carbonyl (C=O) groups excluding carboxylic acids is 2. The molecule has 1 unspecified atom stereocenters. The number of aliphatic hydroxyl groups is 1. The summed E-state index contributed by atoms with van der Waals surface area (Å²) in [6.07, 6.45) is 1.55. The number of ether oxygens (including phenoxy) is 2. The standard InChI is InChI=1S/C25H19ClN4O5/c1-34-18-11-16-17(12-19(18)35-2)29-25(28-16)30-21(15-5-3-4-10-27-15)20(23(32)24(30)33)22(31)13-6-8-14(26)9-7-13/h3-12,21,31H,1-2H3,(H,28,29)/b22-20+. The highest BCUT2D eigenvalue weighted by molar-refractivity contribution is 6.51. The van der Waals surface area contributed by atoms with Crippen LogP contribution in [-0.2, 0) is 9.59 Å². The molecule has 0 aliphatic carbocycles. The lowest BCUT2D eigenvalue weighted by Crippen LogP contribution is -2.30. The summed E-state index contributed by atoms with van der Waals surface area (Å²) in [6, 6.07) is 13.8. The number of halogens is 1. The molecule has 3 heterocycles. The number of hydrogen-bond donors (Lipinski definition) is 2. The third-order valence-electron chi connectivity index (χ3n) is 5.73. The number of aromatic nitrogens is 3. The number of H-pyrrole nitrogens is 1. The maximum Gasteiger partial charge on any atom is 0.302 e. The molecule has 9 nitrogen and oxygen atoms in total. The number of ketones is 1. The van der Waals surface area contributed by atoms with E-state index >= 15 is 0 Å². The molecule has 1 atom stereocenters. The highest BCUT2D eigenvalue weighted by atomic mass is 35.5. The first-order valence-corrected chi connectivity index (χ1v) is 10.9. The molecule has 35 heavy (non-hydrogen) atoms. The van der Waals surface area contributed by atoms with Crippen molar-refractivity contribution in [1.82, 2.24) is 15.0 Å². The van der Waals surface area contributed by atoms with Gasteiger partial charge in [0.25, 0.3) is 5.78 Å². The molecule has 1 aliphatic heterocycles. The second-order valence-electron chi connectivity index (χ2n) is 7.72. The normalized spacial score (nSPS) is 17.2. The van der Waals surface area contributed by atoms with Crippen LogP contribution >= 0.6 is 11.6 Å². The van der Waals surface area contributed by atoms with E-state index in [4.69, 9.17) is 21.1 Å². The number of benzene rings is 2. The first-order valence-electron chi connectivity index (χ1n) is 10.5. The first kappa shape index (κ1) is 22.4. The number of nitrogens with one attached hydrogen (secondary N) is 1. The number of nitrogens with zero attached hydrogens (tertiary/aromatic N) is 3. The maximum atomic E-state index is 13.3. The largest absolute Gasteiger partial charge is 0.507 e. The Kier molecular flexibility index (Phi) is 5.62. The third-order valence-corrected chi connectivity index (χ3v) is 5.98. The molecule has 1 fully saturated rings. The van der Waals surface area contributed by atoms with E-state index in [-0.39, 0.29) is 17.3 Å². The Morgan fingerprint density at radius 1 is 1.06 bits per heavy atom. The summed E-state index contributed by atoms with van der Waals surface area (Å²) >= 11 is 5.97. The van der Waals surface area contributed by atoms with Crippen LogP contribution in [0.2, 0.25) is 5.02 Å². The number of rotatable bonds is 5. The first-order chi connectivity index (χ1) is 16.9. The van der Waals surface area contributed by atoms with Crippen molar-refractivity contribution in [2.75, 3.05) is 19.1 Å². The van der Waals surface area contributed by atoms with Crippen molar-refractivity contribution >= 4 is 46.0 Å². The number of Topliss-reactive ketones (excluding diaryl/α,β-unsaturated/α-hetero) is 1. The van der Waals surface area contributed by atoms with E-state index < -0.39 is 17.7 Å². The number of pyridine rings is 1. The van der Waals surface area contributed by atoms with Gasteiger partial charge in [0.2, 0.25) is 5.95 Å². The van der Waals surface area contributed by atoms with Crippen molar-refractivity contribution in [2.24, 2.45) is 0 Å². The summed E-state index contributed by atoms with van der Waals surface area (Å²) in [5.74, 6) is -0.996. The number of imidazole rings is 1. The van der Waals surface area contributed by atoms with E-state index in [2.05, 4.69) is 15.0 Å². The zero-order valence-corrected chi connectivity index (χ0v) is 19.4. The summed E-state index contributed by atoms with van der Waals surface area (Å²) in [4.78, 5) is 39.7. The second kappa shape index (κ2) is 8.77. The van der Waals surface area contributed by atoms with Gasteiger partial charge in [-0.3, -0.25) is 19.5 Å². The summed E-state index contributed by atoms with van der Waals surface area (Å²) in [6.45, 7) is 0. The molecule has 2 aromatic heterocycles. The van der Waals surface area contributed by atoms with Crippen molar-refractivity contribution in [2.45, 2.75) is 6.04 Å². The van der Waals surface area contributed by atoms with Gasteiger partial charge in [0.1, 0.15) is 11.8 Å². The summed E-state index contributed by atoms with van der Waals surface area (Å²) < 4.78 is 10.7. The van der Waals surface area contributed by atoms with Gasteiger partial charge in [-0.1, -0.05) is 17.7 Å². The fraction of sp³-hybridized carbons (Fsp3) is 0.120. The molecule has 1 aliphatic rings. The number of hydrogen-bond acceptors (Lipinski definition) is 7. The van der Waals surface area contributed by atoms with Crippen LogP contribution in [0.25, 0.3) is 16.8 Å². The molecule has 2 aromatic carbocycles. The highest BCUT2D eigenvalue weighted by Gasteiger charge is 2.48. The molecule has 0 bridgehead atoms. The molecular formula is C25H19ClN4O5. The van der Waals surface area contributed by atoms with E-state index in [9.17, 15) is 14.7 Å². The van der Waals surface area contributed by atoms with Gasteiger partial charge in [-0.25, -0.2) is 4.98 Å². The number of aliphatic hydroxyl groups excluding tert-OH is 1. The quantitative estimate of drug-likeness (QED) is 0.244. The molecule has 0 saturated carbocycles. The number of aromatic amines is 1. The predicted octanol–water partition coefficient (Wildman–Crippen LogP) is 4.25. The Hall–Kier alpha value is -4.37. The van der Waals surface area contributed by atoms with E-state index in [1.165, 1.54) is 19.1 Å². The zero-order valence-electron chi connectivity index (χ0n) is 18.7. The van der Waals surface area contributed by atoms with Gasteiger partial charge in [-0.15, -0.1) is 0 Å². The average Bonchev–Trinajstić information content (AvgIpc) is 3.41. The van der Waals surface area contributed by atoms with Crippen molar-refractivity contribution in [1.29, 1.82) is 0 Å². The van der Waals surface area contributed by atoms with Crippen LogP contribution in [0, 0.1) is 0 Å². The minimum Gasteiger partial charge on any atom is -0.507 e. The molecule has 2 N–H and O–H groups in total. The zero-order chi connectivity index (χ0) is 24.7. The third kappa shape index (κ3) is 3.75. The van der Waals surface area contributed by atoms with Gasteiger partial charge in [0.15, 0.2) is 11.5 Å². The molecular weight excluding hydrogens is 472 g/mol. The van der Waals surface area contributed by atoms with Crippen LogP contribution in [0.3, 0.4) is 0 Å². The van der Waals surface area contributed by atoms with Crippen molar-refractivity contribution in [3.8, 4) is 11.5 Å². The van der Waals surface area contributed by atoms with Gasteiger partial charge < -0.3 is 19.6 Å². The smallest absolute Gasteiger partial charge is 0.302 e. The number of fused-ring (bicyclic) bond motifs is 1. The van der Waals surface area contributed by atoms with Gasteiger partial charge in [-0.2, -0.15) is 0 Å². The predicted molar refractivity (Wildman–Crippen MR) is 130 cm³/mol. The van der Waals surface area contributed by atoms with Gasteiger partial charge in [0.05, 0.1) is 36.5 Å². The molecule has 10 heteroatoms. The van der Waals surface area contributed by atoms with E-state index in [0.29, 0.717) is 38.8 Å². The Morgan fingerprint density at radius 3 is 2.43 bits per heavy atom. The lowest BCUT2D eigenvalue weighted by molar-refractivity contribution is -0.132. The summed E-state index contributed by atoms with van der Waals surface area (Å²) in [7, 11) is 3.02. The SMILES string of the molecule is COc1cc2nc(N3C(=O)C(=O)/C(=C(/O)c4ccc(Cl)cc4)C3c3ccccn3)[nH]c2cc1OC. The summed E-state index contributed by atoms with van der Waals surface area (Å²) in [5.41, 5.74) is 1.69. The van der Waals surface area contributed by atoms with E-state index in [1.54, 1.807) is 60.8 Å². The fourth-order valence-corrected chi connectivity index (χ4v) is 4.20. The van der Waals surface area contributed by atoms with E-state index in [1.807, 2.05) is 0 Å². The Balaban J connectivity index is 1.71. The van der Waals surface area contributed by atoms with Gasteiger partial charge in [0, 0.05) is 28.9 Å². The van der Waals surface area contributed by atoms with Crippen molar-refractivity contribution in [3.05, 3.63) is 82.6 Å². The van der Waals surface area contributed by atoms with Crippen molar-refractivity contribution in [3.63, 3.8) is 0 Å². The molecule has 1 saturated heterocycles. The lowest BCUT2D eigenvalue weighted by Gasteiger charge is -2.22. The Morgan fingerprint density at radius 2 is 1.77 bits per heavy atom. The minimum absolute atomic E-state index is 0.105. The monoisotopic (exact) mass is 490 g/mol. The van der Waals surface area contributed by atoms with Gasteiger partial charge >= 0.3 is 5.91 Å². The minimum atomic E-state index is -1.02. The van der Waals surface area contributed by atoms with E-state index in [0.717, 1.165) is 0 Å². The molecule has 4 aromatic rings. The average molecular weight is 491 g/mol. The molecule has 0 radical (unpaired) electrons. The van der Waals surface area contributed by atoms with Crippen molar-refractivity contribution < 1.29 is 24.2 Å². The lowest BCUT2D eigenvalue weighted by atomic mass is 9.98. The van der Waals surface area contributed by atoms with Crippen LogP contribution in [-0.4, -0.2) is 46.0 Å². The number of anilines is 1. The molecule has 5 rings (SSSR count). The van der Waals surface area contributed by atoms with Crippen LogP contribution in [0.4, 0.5) is 5.95 Å². The maximum absolute atomic E-state index is 13.3. The molecule has 176 valence electrons. The van der Waals surface area contributed by atoms with Gasteiger partial charge in [-0.05, 0) is 36.4 Å². The topological polar surface area (TPSA) is 118 Å². The second-order valence-corrected chi connectivity index (χ2v) is 8.15. The molecule has 1 amide bonds. The highest BCUT2D eigenvalue weighted by Crippen LogP contribution is 2.41. The summed E-state index contributed by atoms with van der Waals surface area (Å²) in [5, 5.41) is 11.6. The Labute approximate surface area is 204 Å². The molecule has 0 spiro atoms. The fourth-order valence-electron chi connectivity index (χ4n) is 4.07. The number of methoxy groups -OCH3 is 2. The number of carbonyl (C=O) groups is 2. The van der Waals surface area contributed by atoms with Crippen LogP contribution in [0.15, 0.2) is 66.4 Å². The van der Waals surface area contributed by atoms with Crippen LogP contribution in [0.5, 0.6) is 11.5 Å².